The van der Waals surface area contributed by atoms with Gasteiger partial charge in [-0.05, 0) is 36.2 Å². The highest BCUT2D eigenvalue weighted by Gasteiger charge is 2.34. The molecule has 0 aliphatic carbocycles. The van der Waals surface area contributed by atoms with E-state index in [0.29, 0.717) is 6.42 Å². The molecule has 0 aliphatic rings. The van der Waals surface area contributed by atoms with Crippen molar-refractivity contribution in [2.24, 2.45) is 0 Å². The highest BCUT2D eigenvalue weighted by Crippen LogP contribution is 2.31. The zero-order valence-electron chi connectivity index (χ0n) is 12.7. The van der Waals surface area contributed by atoms with Crippen LogP contribution in [0.3, 0.4) is 0 Å². The van der Waals surface area contributed by atoms with Gasteiger partial charge in [-0.3, -0.25) is 4.79 Å². The summed E-state index contributed by atoms with van der Waals surface area (Å²) in [7, 11) is 0. The number of halogens is 3. The Morgan fingerprint density at radius 2 is 1.83 bits per heavy atom. The molecule has 0 radical (unpaired) electrons. The molecule has 0 saturated carbocycles. The van der Waals surface area contributed by atoms with Gasteiger partial charge in [0.1, 0.15) is 0 Å². The van der Waals surface area contributed by atoms with Crippen LogP contribution in [0.5, 0.6) is 0 Å². The van der Waals surface area contributed by atoms with E-state index in [9.17, 15) is 18.0 Å². The van der Waals surface area contributed by atoms with E-state index >= 15 is 0 Å². The number of H-pyrrole nitrogens is 1. The average molecular weight is 332 g/mol. The molecule has 0 bridgehead atoms. The Kier molecular flexibility index (Phi) is 4.29. The van der Waals surface area contributed by atoms with Crippen molar-refractivity contribution >= 4 is 16.8 Å². The largest absolute Gasteiger partial charge is 0.417 e. The van der Waals surface area contributed by atoms with E-state index in [2.05, 4.69) is 10.3 Å². The van der Waals surface area contributed by atoms with E-state index in [1.807, 2.05) is 30.5 Å². The van der Waals surface area contributed by atoms with Gasteiger partial charge in [-0.2, -0.15) is 13.2 Å². The van der Waals surface area contributed by atoms with Crippen molar-refractivity contribution in [3.63, 3.8) is 0 Å². The molecule has 1 amide bonds. The summed E-state index contributed by atoms with van der Waals surface area (Å²) >= 11 is 0. The van der Waals surface area contributed by atoms with Crippen molar-refractivity contribution in [3.05, 3.63) is 71.4 Å². The Bertz CT molecular complexity index is 868. The van der Waals surface area contributed by atoms with Gasteiger partial charge in [0.05, 0.1) is 11.1 Å². The predicted molar refractivity (Wildman–Crippen MR) is 85.8 cm³/mol. The number of hydrogen-bond acceptors (Lipinski definition) is 1. The minimum Gasteiger partial charge on any atom is -0.361 e. The predicted octanol–water partition coefficient (Wildman–Crippen LogP) is 4.16. The summed E-state index contributed by atoms with van der Waals surface area (Å²) in [6.45, 7) is 0.259. The lowest BCUT2D eigenvalue weighted by molar-refractivity contribution is -0.137. The number of hydrogen-bond donors (Lipinski definition) is 2. The second-order valence-corrected chi connectivity index (χ2v) is 5.41. The van der Waals surface area contributed by atoms with Crippen LogP contribution in [0.4, 0.5) is 13.2 Å². The third kappa shape index (κ3) is 3.27. The third-order valence-corrected chi connectivity index (χ3v) is 3.84. The summed E-state index contributed by atoms with van der Waals surface area (Å²) in [6.07, 6.45) is -2.19. The molecule has 0 spiro atoms. The number of carbonyl (C=O) groups is 1. The van der Waals surface area contributed by atoms with Crippen molar-refractivity contribution in [3.8, 4) is 0 Å². The Morgan fingerprint density at radius 3 is 2.62 bits per heavy atom. The highest BCUT2D eigenvalue weighted by atomic mass is 19.4. The first-order valence-electron chi connectivity index (χ1n) is 7.46. The topological polar surface area (TPSA) is 44.9 Å². The monoisotopic (exact) mass is 332 g/mol. The molecule has 0 atom stereocenters. The van der Waals surface area contributed by atoms with Crippen molar-refractivity contribution in [1.29, 1.82) is 0 Å². The number of alkyl halides is 3. The fraction of sp³-hybridized carbons (Fsp3) is 0.167. The number of nitrogens with one attached hydrogen (secondary N) is 2. The van der Waals surface area contributed by atoms with E-state index in [-0.39, 0.29) is 12.1 Å². The van der Waals surface area contributed by atoms with Crippen molar-refractivity contribution < 1.29 is 18.0 Å². The van der Waals surface area contributed by atoms with Gasteiger partial charge in [0.2, 0.25) is 0 Å². The van der Waals surface area contributed by atoms with E-state index in [1.54, 1.807) is 0 Å². The SMILES string of the molecule is O=C(NCCc1cccc2[nH]ccc12)c1ccccc1C(F)(F)F. The zero-order chi connectivity index (χ0) is 17.2. The molecule has 0 aliphatic heterocycles. The summed E-state index contributed by atoms with van der Waals surface area (Å²) in [4.78, 5) is 15.2. The summed E-state index contributed by atoms with van der Waals surface area (Å²) < 4.78 is 38.9. The van der Waals surface area contributed by atoms with Crippen molar-refractivity contribution in [2.45, 2.75) is 12.6 Å². The average Bonchev–Trinajstić information content (AvgIpc) is 3.03. The van der Waals surface area contributed by atoms with Gasteiger partial charge in [-0.25, -0.2) is 0 Å². The standard InChI is InChI=1S/C18H15F3N2O/c19-18(20,21)15-6-2-1-5-14(15)17(24)23-10-8-12-4-3-7-16-13(12)9-11-22-16/h1-7,9,11,22H,8,10H2,(H,23,24). The number of carbonyl (C=O) groups excluding carboxylic acids is 1. The Morgan fingerprint density at radius 1 is 1.04 bits per heavy atom. The summed E-state index contributed by atoms with van der Waals surface area (Å²) in [5.74, 6) is -0.718. The van der Waals surface area contributed by atoms with Gasteiger partial charge in [-0.1, -0.05) is 24.3 Å². The first kappa shape index (κ1) is 16.1. The quantitative estimate of drug-likeness (QED) is 0.740. The first-order chi connectivity index (χ1) is 11.5. The highest BCUT2D eigenvalue weighted by molar-refractivity contribution is 5.95. The number of benzene rings is 2. The molecule has 3 rings (SSSR count). The number of aromatic nitrogens is 1. The van der Waals surface area contributed by atoms with E-state index in [0.717, 1.165) is 22.5 Å². The van der Waals surface area contributed by atoms with Crippen LogP contribution in [0.2, 0.25) is 0 Å². The van der Waals surface area contributed by atoms with Gasteiger partial charge in [-0.15, -0.1) is 0 Å². The van der Waals surface area contributed by atoms with Gasteiger partial charge in [0.15, 0.2) is 0 Å². The van der Waals surface area contributed by atoms with E-state index in [1.165, 1.54) is 18.2 Å². The van der Waals surface area contributed by atoms with Crippen molar-refractivity contribution in [2.75, 3.05) is 6.54 Å². The fourth-order valence-corrected chi connectivity index (χ4v) is 2.70. The first-order valence-corrected chi connectivity index (χ1v) is 7.46. The molecule has 0 saturated heterocycles. The maximum absolute atomic E-state index is 13.0. The van der Waals surface area contributed by atoms with Gasteiger partial charge < -0.3 is 10.3 Å². The maximum atomic E-state index is 13.0. The Hall–Kier alpha value is -2.76. The molecule has 124 valence electrons. The molecule has 24 heavy (non-hydrogen) atoms. The van der Waals surface area contributed by atoms with Gasteiger partial charge >= 0.3 is 6.18 Å². The van der Waals surface area contributed by atoms with Crippen LogP contribution in [-0.4, -0.2) is 17.4 Å². The molecule has 2 aromatic carbocycles. The van der Waals surface area contributed by atoms with Gasteiger partial charge in [0.25, 0.3) is 5.91 Å². The molecular weight excluding hydrogens is 317 g/mol. The van der Waals surface area contributed by atoms with Crippen LogP contribution in [0.1, 0.15) is 21.5 Å². The van der Waals surface area contributed by atoms with Crippen LogP contribution < -0.4 is 5.32 Å². The zero-order valence-corrected chi connectivity index (χ0v) is 12.7. The Balaban J connectivity index is 1.70. The minimum atomic E-state index is -4.55. The molecule has 0 fully saturated rings. The molecule has 2 N–H and O–H groups in total. The summed E-state index contributed by atoms with van der Waals surface area (Å²) in [5, 5.41) is 3.61. The molecule has 3 aromatic rings. The third-order valence-electron chi connectivity index (χ3n) is 3.84. The minimum absolute atomic E-state index is 0.259. The van der Waals surface area contributed by atoms with Crippen LogP contribution >= 0.6 is 0 Å². The number of amides is 1. The second-order valence-electron chi connectivity index (χ2n) is 5.41. The summed E-state index contributed by atoms with van der Waals surface area (Å²) in [6, 6.07) is 12.5. The van der Waals surface area contributed by atoms with Gasteiger partial charge in [0, 0.05) is 23.6 Å². The lowest BCUT2D eigenvalue weighted by Crippen LogP contribution is -2.28. The molecule has 3 nitrogen and oxygen atoms in total. The lowest BCUT2D eigenvalue weighted by atomic mass is 10.1. The van der Waals surface area contributed by atoms with E-state index < -0.39 is 17.6 Å². The molecule has 1 aromatic heterocycles. The van der Waals surface area contributed by atoms with Crippen LogP contribution in [0.25, 0.3) is 10.9 Å². The molecular formula is C18H15F3N2O. The van der Waals surface area contributed by atoms with Crippen LogP contribution in [-0.2, 0) is 12.6 Å². The molecule has 1 heterocycles. The Labute approximate surface area is 136 Å². The maximum Gasteiger partial charge on any atom is 0.417 e. The smallest absolute Gasteiger partial charge is 0.361 e. The number of fused-ring (bicyclic) bond motifs is 1. The molecule has 0 unspecified atom stereocenters. The second kappa shape index (κ2) is 6.39. The normalized spacial score (nSPS) is 11.6. The fourth-order valence-electron chi connectivity index (χ4n) is 2.70. The lowest BCUT2D eigenvalue weighted by Gasteiger charge is -2.12. The van der Waals surface area contributed by atoms with Crippen LogP contribution in [0, 0.1) is 0 Å². The number of aromatic amines is 1. The molecule has 6 heteroatoms. The van der Waals surface area contributed by atoms with Crippen LogP contribution in [0.15, 0.2) is 54.7 Å². The summed E-state index contributed by atoms with van der Waals surface area (Å²) in [5.41, 5.74) is 0.736. The number of rotatable bonds is 4. The van der Waals surface area contributed by atoms with E-state index in [4.69, 9.17) is 0 Å². The van der Waals surface area contributed by atoms with Crippen molar-refractivity contribution in [1.82, 2.24) is 10.3 Å².